The number of benzene rings is 1. The lowest BCUT2D eigenvalue weighted by Crippen LogP contribution is -2.41. The molecule has 1 aromatic rings. The van der Waals surface area contributed by atoms with E-state index in [2.05, 4.69) is 0 Å². The van der Waals surface area contributed by atoms with Crippen LogP contribution in [0.4, 0.5) is 0 Å². The van der Waals surface area contributed by atoms with Gasteiger partial charge < -0.3 is 10.6 Å². The molecule has 0 saturated carbocycles. The Kier molecular flexibility index (Phi) is 3.86. The van der Waals surface area contributed by atoms with E-state index in [0.717, 1.165) is 5.56 Å². The molecule has 0 spiro atoms. The zero-order valence-electron chi connectivity index (χ0n) is 9.53. The van der Waals surface area contributed by atoms with Crippen LogP contribution >= 0.6 is 0 Å². The molecule has 0 aliphatic carbocycles. The summed E-state index contributed by atoms with van der Waals surface area (Å²) in [5.74, 6) is -0.0319. The third-order valence-corrected chi connectivity index (χ3v) is 2.33. The van der Waals surface area contributed by atoms with Gasteiger partial charge in [0.05, 0.1) is 6.04 Å². The van der Waals surface area contributed by atoms with Crippen LogP contribution in [-0.4, -0.2) is 30.9 Å². The van der Waals surface area contributed by atoms with Crippen molar-refractivity contribution in [1.82, 2.24) is 4.90 Å². The molecule has 0 unspecified atom stereocenters. The van der Waals surface area contributed by atoms with Gasteiger partial charge in [-0.05, 0) is 18.9 Å². The summed E-state index contributed by atoms with van der Waals surface area (Å²) in [5.41, 5.74) is 8.11. The molecule has 2 N–H and O–H groups in total. The molecule has 1 aromatic carbocycles. The SMILES string of the molecule is Cc1ccc(C[C@H](N)C(=O)N(C)C)cc1. The maximum atomic E-state index is 11.5. The van der Waals surface area contributed by atoms with Crippen LogP contribution in [0.25, 0.3) is 0 Å². The minimum Gasteiger partial charge on any atom is -0.347 e. The summed E-state index contributed by atoms with van der Waals surface area (Å²) in [5, 5.41) is 0. The zero-order valence-corrected chi connectivity index (χ0v) is 9.53. The molecule has 0 fully saturated rings. The second-order valence-electron chi connectivity index (χ2n) is 4.03. The highest BCUT2D eigenvalue weighted by atomic mass is 16.2. The lowest BCUT2D eigenvalue weighted by atomic mass is 10.0. The molecule has 0 radical (unpaired) electrons. The Morgan fingerprint density at radius 2 is 1.87 bits per heavy atom. The van der Waals surface area contributed by atoms with Gasteiger partial charge in [-0.3, -0.25) is 4.79 Å². The number of aryl methyl sites for hydroxylation is 1. The second-order valence-corrected chi connectivity index (χ2v) is 4.03. The maximum absolute atomic E-state index is 11.5. The van der Waals surface area contributed by atoms with Gasteiger partial charge in [-0.1, -0.05) is 29.8 Å². The predicted molar refractivity (Wildman–Crippen MR) is 61.6 cm³/mol. The summed E-state index contributed by atoms with van der Waals surface area (Å²) in [6.07, 6.45) is 0.595. The summed E-state index contributed by atoms with van der Waals surface area (Å²) in [6.45, 7) is 2.04. The highest BCUT2D eigenvalue weighted by molar-refractivity contribution is 5.81. The lowest BCUT2D eigenvalue weighted by Gasteiger charge is -2.16. The van der Waals surface area contributed by atoms with Crippen LogP contribution in [-0.2, 0) is 11.2 Å². The Bertz CT molecular complexity index is 330. The van der Waals surface area contributed by atoms with Crippen molar-refractivity contribution in [3.8, 4) is 0 Å². The smallest absolute Gasteiger partial charge is 0.239 e. The Labute approximate surface area is 90.9 Å². The van der Waals surface area contributed by atoms with Gasteiger partial charge in [0.25, 0.3) is 0 Å². The molecule has 0 bridgehead atoms. The van der Waals surface area contributed by atoms with Crippen LogP contribution < -0.4 is 5.73 Å². The fraction of sp³-hybridized carbons (Fsp3) is 0.417. The number of amides is 1. The molecule has 82 valence electrons. The largest absolute Gasteiger partial charge is 0.347 e. The van der Waals surface area contributed by atoms with E-state index in [-0.39, 0.29) is 5.91 Å². The van der Waals surface area contributed by atoms with E-state index in [1.165, 1.54) is 10.5 Å². The van der Waals surface area contributed by atoms with Crippen LogP contribution in [0.15, 0.2) is 24.3 Å². The molecular formula is C12H18N2O. The van der Waals surface area contributed by atoms with Gasteiger partial charge in [0.15, 0.2) is 0 Å². The van der Waals surface area contributed by atoms with Crippen molar-refractivity contribution < 1.29 is 4.79 Å². The number of hydrogen-bond donors (Lipinski definition) is 1. The van der Waals surface area contributed by atoms with Gasteiger partial charge in [0.1, 0.15) is 0 Å². The van der Waals surface area contributed by atoms with Gasteiger partial charge in [0.2, 0.25) is 5.91 Å². The van der Waals surface area contributed by atoms with E-state index >= 15 is 0 Å². The van der Waals surface area contributed by atoms with Crippen molar-refractivity contribution in [2.45, 2.75) is 19.4 Å². The first-order valence-corrected chi connectivity index (χ1v) is 5.03. The Morgan fingerprint density at radius 3 is 2.33 bits per heavy atom. The minimum absolute atomic E-state index is 0.0319. The monoisotopic (exact) mass is 206 g/mol. The number of nitrogens with two attached hydrogens (primary N) is 1. The van der Waals surface area contributed by atoms with Crippen molar-refractivity contribution >= 4 is 5.91 Å². The Hall–Kier alpha value is -1.35. The number of carbonyl (C=O) groups is 1. The van der Waals surface area contributed by atoms with Crippen LogP contribution in [0.5, 0.6) is 0 Å². The summed E-state index contributed by atoms with van der Waals surface area (Å²) < 4.78 is 0. The first-order chi connectivity index (χ1) is 7.00. The molecular weight excluding hydrogens is 188 g/mol. The molecule has 0 heterocycles. The van der Waals surface area contributed by atoms with Crippen LogP contribution in [0, 0.1) is 6.92 Å². The quantitative estimate of drug-likeness (QED) is 0.800. The second kappa shape index (κ2) is 4.94. The van der Waals surface area contributed by atoms with E-state index in [0.29, 0.717) is 6.42 Å². The Balaban J connectivity index is 2.62. The first-order valence-electron chi connectivity index (χ1n) is 5.03. The van der Waals surface area contributed by atoms with Gasteiger partial charge in [-0.2, -0.15) is 0 Å². The third kappa shape index (κ3) is 3.36. The molecule has 1 amide bonds. The fourth-order valence-electron chi connectivity index (χ4n) is 1.40. The van der Waals surface area contributed by atoms with Crippen LogP contribution in [0.2, 0.25) is 0 Å². The number of nitrogens with zero attached hydrogens (tertiary/aromatic N) is 1. The summed E-state index contributed by atoms with van der Waals surface area (Å²) >= 11 is 0. The highest BCUT2D eigenvalue weighted by Gasteiger charge is 2.15. The molecule has 0 aliphatic heterocycles. The number of likely N-dealkylation sites (N-methyl/N-ethyl adjacent to an activating group) is 1. The zero-order chi connectivity index (χ0) is 11.4. The van der Waals surface area contributed by atoms with Crippen LogP contribution in [0.1, 0.15) is 11.1 Å². The van der Waals surface area contributed by atoms with E-state index in [9.17, 15) is 4.79 Å². The van der Waals surface area contributed by atoms with Crippen molar-refractivity contribution in [1.29, 1.82) is 0 Å². The highest BCUT2D eigenvalue weighted by Crippen LogP contribution is 2.06. The summed E-state index contributed by atoms with van der Waals surface area (Å²) in [7, 11) is 3.44. The molecule has 1 atom stereocenters. The predicted octanol–water partition coefficient (Wildman–Crippen LogP) is 0.953. The van der Waals surface area contributed by atoms with Crippen molar-refractivity contribution in [3.05, 3.63) is 35.4 Å². The van der Waals surface area contributed by atoms with E-state index < -0.39 is 6.04 Å². The average Bonchev–Trinajstić information content (AvgIpc) is 2.20. The first kappa shape index (κ1) is 11.7. The van der Waals surface area contributed by atoms with E-state index in [4.69, 9.17) is 5.73 Å². The lowest BCUT2D eigenvalue weighted by molar-refractivity contribution is -0.130. The van der Waals surface area contributed by atoms with E-state index in [1.807, 2.05) is 31.2 Å². The van der Waals surface area contributed by atoms with Gasteiger partial charge in [-0.25, -0.2) is 0 Å². The molecule has 1 rings (SSSR count). The molecule has 15 heavy (non-hydrogen) atoms. The number of hydrogen-bond acceptors (Lipinski definition) is 2. The van der Waals surface area contributed by atoms with Crippen molar-refractivity contribution in [2.24, 2.45) is 5.73 Å². The van der Waals surface area contributed by atoms with Gasteiger partial charge >= 0.3 is 0 Å². The average molecular weight is 206 g/mol. The fourth-order valence-corrected chi connectivity index (χ4v) is 1.40. The number of carbonyl (C=O) groups excluding carboxylic acids is 1. The molecule has 3 nitrogen and oxygen atoms in total. The summed E-state index contributed by atoms with van der Waals surface area (Å²) in [4.78, 5) is 13.0. The van der Waals surface area contributed by atoms with Crippen molar-refractivity contribution in [2.75, 3.05) is 14.1 Å². The number of rotatable bonds is 3. The molecule has 3 heteroatoms. The Morgan fingerprint density at radius 1 is 1.33 bits per heavy atom. The molecule has 0 aromatic heterocycles. The molecule has 0 aliphatic rings. The topological polar surface area (TPSA) is 46.3 Å². The standard InChI is InChI=1S/C12H18N2O/c1-9-4-6-10(7-5-9)8-11(13)12(15)14(2)3/h4-7,11H,8,13H2,1-3H3/t11-/m0/s1. The van der Waals surface area contributed by atoms with E-state index in [1.54, 1.807) is 14.1 Å². The van der Waals surface area contributed by atoms with Gasteiger partial charge in [0, 0.05) is 14.1 Å². The molecule has 0 saturated heterocycles. The maximum Gasteiger partial charge on any atom is 0.239 e. The summed E-state index contributed by atoms with van der Waals surface area (Å²) in [6, 6.07) is 7.64. The third-order valence-electron chi connectivity index (χ3n) is 2.33. The van der Waals surface area contributed by atoms with Crippen LogP contribution in [0.3, 0.4) is 0 Å². The van der Waals surface area contributed by atoms with Gasteiger partial charge in [-0.15, -0.1) is 0 Å². The normalized spacial score (nSPS) is 12.3. The minimum atomic E-state index is -0.442. The van der Waals surface area contributed by atoms with Crippen molar-refractivity contribution in [3.63, 3.8) is 0 Å².